The van der Waals surface area contributed by atoms with Crippen molar-refractivity contribution in [2.24, 2.45) is 0 Å². The van der Waals surface area contributed by atoms with Gasteiger partial charge in [0.15, 0.2) is 0 Å². The molecule has 0 aromatic heterocycles. The number of amides is 2. The Kier molecular flexibility index (Phi) is 7.74. The minimum Gasteiger partial charge on any atom is -0.480 e. The molecular formula is C25H28N2O6S. The van der Waals surface area contributed by atoms with Crippen LogP contribution in [0.2, 0.25) is 0 Å². The molecule has 8 nitrogen and oxygen atoms in total. The molecule has 2 aromatic rings. The Bertz CT molecular complexity index is 1020. The number of benzene rings is 2. The Hall–Kier alpha value is -3.04. The first-order valence-corrected chi connectivity index (χ1v) is 12.3. The quantitative estimate of drug-likeness (QED) is 0.594. The van der Waals surface area contributed by atoms with Gasteiger partial charge >= 0.3 is 12.1 Å². The van der Waals surface area contributed by atoms with Gasteiger partial charge in [0.2, 0.25) is 5.91 Å². The minimum absolute atomic E-state index is 0.0305. The second kappa shape index (κ2) is 10.9. The molecule has 0 bridgehead atoms. The second-order valence-corrected chi connectivity index (χ2v) is 9.62. The zero-order valence-electron chi connectivity index (χ0n) is 18.9. The van der Waals surface area contributed by atoms with E-state index in [4.69, 9.17) is 9.47 Å². The maximum absolute atomic E-state index is 12.6. The van der Waals surface area contributed by atoms with E-state index in [0.29, 0.717) is 12.3 Å². The summed E-state index contributed by atoms with van der Waals surface area (Å²) in [6.45, 7) is 1.00. The molecule has 1 fully saturated rings. The first-order valence-electron chi connectivity index (χ1n) is 11.2. The van der Waals surface area contributed by atoms with Crippen LogP contribution in [0.3, 0.4) is 0 Å². The molecule has 2 unspecified atom stereocenters. The fourth-order valence-corrected chi connectivity index (χ4v) is 5.47. The SMILES string of the molecule is COC(CNC(=O)OCC1c2ccccc2-c2ccccc21)CC(=O)N1CCSC(C(=O)O)C1. The van der Waals surface area contributed by atoms with Gasteiger partial charge in [0.05, 0.1) is 12.5 Å². The zero-order valence-corrected chi connectivity index (χ0v) is 19.8. The summed E-state index contributed by atoms with van der Waals surface area (Å²) < 4.78 is 10.9. The van der Waals surface area contributed by atoms with Crippen LogP contribution < -0.4 is 5.32 Å². The lowest BCUT2D eigenvalue weighted by molar-refractivity contribution is -0.138. The molecule has 4 rings (SSSR count). The molecule has 1 heterocycles. The topological polar surface area (TPSA) is 105 Å². The molecule has 2 atom stereocenters. The number of carboxylic acids is 1. The number of hydrogen-bond acceptors (Lipinski definition) is 6. The second-order valence-electron chi connectivity index (χ2n) is 8.31. The van der Waals surface area contributed by atoms with Gasteiger partial charge in [0, 0.05) is 38.4 Å². The highest BCUT2D eigenvalue weighted by Crippen LogP contribution is 2.44. The molecule has 2 aliphatic rings. The van der Waals surface area contributed by atoms with Crippen molar-refractivity contribution in [3.63, 3.8) is 0 Å². The molecule has 180 valence electrons. The molecule has 9 heteroatoms. The number of rotatable bonds is 8. The van der Waals surface area contributed by atoms with Crippen LogP contribution in [-0.2, 0) is 19.1 Å². The fourth-order valence-electron chi connectivity index (χ4n) is 4.43. The van der Waals surface area contributed by atoms with Crippen molar-refractivity contribution < 1.29 is 29.0 Å². The monoisotopic (exact) mass is 484 g/mol. The third-order valence-electron chi connectivity index (χ3n) is 6.25. The van der Waals surface area contributed by atoms with Gasteiger partial charge in [-0.2, -0.15) is 0 Å². The van der Waals surface area contributed by atoms with Crippen LogP contribution in [-0.4, -0.2) is 78.4 Å². The molecule has 1 aliphatic carbocycles. The Morgan fingerprint density at radius 1 is 1.12 bits per heavy atom. The van der Waals surface area contributed by atoms with Gasteiger partial charge in [-0.25, -0.2) is 4.79 Å². The number of nitrogens with one attached hydrogen (secondary N) is 1. The van der Waals surface area contributed by atoms with Crippen LogP contribution >= 0.6 is 11.8 Å². The van der Waals surface area contributed by atoms with Gasteiger partial charge in [0.1, 0.15) is 11.9 Å². The smallest absolute Gasteiger partial charge is 0.407 e. The number of methoxy groups -OCH3 is 1. The first-order chi connectivity index (χ1) is 16.5. The molecule has 1 aliphatic heterocycles. The van der Waals surface area contributed by atoms with E-state index in [0.717, 1.165) is 22.3 Å². The van der Waals surface area contributed by atoms with Crippen LogP contribution in [0.25, 0.3) is 11.1 Å². The molecule has 0 saturated carbocycles. The standard InChI is InChI=1S/C25H28N2O6S/c1-32-16(12-23(28)27-10-11-34-22(14-27)24(29)30)13-26-25(31)33-15-21-19-8-4-2-6-17(19)18-7-3-5-9-20(18)21/h2-9,16,21-22H,10-15H2,1H3,(H,26,31)(H,29,30). The van der Waals surface area contributed by atoms with Gasteiger partial charge in [-0.05, 0) is 22.3 Å². The molecule has 2 amide bonds. The van der Waals surface area contributed by atoms with Gasteiger partial charge in [-0.3, -0.25) is 9.59 Å². The number of carbonyl (C=O) groups excluding carboxylic acids is 2. The highest BCUT2D eigenvalue weighted by Gasteiger charge is 2.31. The Morgan fingerprint density at radius 2 is 1.76 bits per heavy atom. The van der Waals surface area contributed by atoms with E-state index in [1.54, 1.807) is 4.90 Å². The van der Waals surface area contributed by atoms with Crippen LogP contribution in [0.1, 0.15) is 23.5 Å². The summed E-state index contributed by atoms with van der Waals surface area (Å²) >= 11 is 1.34. The van der Waals surface area contributed by atoms with E-state index >= 15 is 0 Å². The normalized spacial score (nSPS) is 18.0. The lowest BCUT2D eigenvalue weighted by Crippen LogP contribution is -2.46. The van der Waals surface area contributed by atoms with E-state index < -0.39 is 23.4 Å². The number of thioether (sulfide) groups is 1. The third-order valence-corrected chi connectivity index (χ3v) is 7.42. The number of aliphatic carboxylic acids is 1. The van der Waals surface area contributed by atoms with E-state index in [1.165, 1.54) is 18.9 Å². The minimum atomic E-state index is -0.914. The van der Waals surface area contributed by atoms with Crippen molar-refractivity contribution in [1.29, 1.82) is 0 Å². The summed E-state index contributed by atoms with van der Waals surface area (Å²) in [7, 11) is 1.48. The maximum Gasteiger partial charge on any atom is 0.407 e. The molecule has 2 aromatic carbocycles. The van der Waals surface area contributed by atoms with Crippen molar-refractivity contribution in [1.82, 2.24) is 10.2 Å². The summed E-state index contributed by atoms with van der Waals surface area (Å²) in [5, 5.41) is 11.3. The summed E-state index contributed by atoms with van der Waals surface area (Å²) in [6, 6.07) is 16.2. The van der Waals surface area contributed by atoms with E-state index in [-0.39, 0.29) is 37.9 Å². The van der Waals surface area contributed by atoms with Crippen LogP contribution in [0, 0.1) is 0 Å². The van der Waals surface area contributed by atoms with Crippen molar-refractivity contribution >= 4 is 29.7 Å². The van der Waals surface area contributed by atoms with Crippen molar-refractivity contribution in [3.8, 4) is 11.1 Å². The highest BCUT2D eigenvalue weighted by molar-refractivity contribution is 8.00. The Balaban J connectivity index is 1.27. The summed E-state index contributed by atoms with van der Waals surface area (Å²) in [6.07, 6.45) is -1.06. The number of ether oxygens (including phenoxy) is 2. The predicted molar refractivity (Wildman–Crippen MR) is 129 cm³/mol. The number of hydrogen-bond donors (Lipinski definition) is 2. The molecule has 34 heavy (non-hydrogen) atoms. The van der Waals surface area contributed by atoms with Gasteiger partial charge in [-0.15, -0.1) is 11.8 Å². The number of alkyl carbamates (subject to hydrolysis) is 1. The third kappa shape index (κ3) is 5.37. The van der Waals surface area contributed by atoms with E-state index in [1.807, 2.05) is 24.3 Å². The number of carbonyl (C=O) groups is 3. The average Bonchev–Trinajstić information content (AvgIpc) is 3.18. The number of fused-ring (bicyclic) bond motifs is 3. The summed E-state index contributed by atoms with van der Waals surface area (Å²) in [4.78, 5) is 37.8. The average molecular weight is 485 g/mol. The van der Waals surface area contributed by atoms with E-state index in [9.17, 15) is 19.5 Å². The molecule has 2 N–H and O–H groups in total. The van der Waals surface area contributed by atoms with E-state index in [2.05, 4.69) is 29.6 Å². The highest BCUT2D eigenvalue weighted by atomic mass is 32.2. The van der Waals surface area contributed by atoms with Crippen molar-refractivity contribution in [2.75, 3.05) is 39.1 Å². The Morgan fingerprint density at radius 3 is 2.38 bits per heavy atom. The van der Waals surface area contributed by atoms with Gasteiger partial charge in [0.25, 0.3) is 0 Å². The van der Waals surface area contributed by atoms with Crippen molar-refractivity contribution in [2.45, 2.75) is 23.7 Å². The van der Waals surface area contributed by atoms with Crippen LogP contribution in [0.5, 0.6) is 0 Å². The first kappa shape index (κ1) is 24.1. The molecule has 0 radical (unpaired) electrons. The maximum atomic E-state index is 12.6. The predicted octanol–water partition coefficient (Wildman–Crippen LogP) is 2.96. The van der Waals surface area contributed by atoms with Crippen LogP contribution in [0.4, 0.5) is 4.79 Å². The molecule has 0 spiro atoms. The fraction of sp³-hybridized carbons (Fsp3) is 0.400. The zero-order chi connectivity index (χ0) is 24.1. The van der Waals surface area contributed by atoms with Gasteiger partial charge < -0.3 is 24.8 Å². The summed E-state index contributed by atoms with van der Waals surface area (Å²) in [5.41, 5.74) is 4.59. The van der Waals surface area contributed by atoms with Crippen LogP contribution in [0.15, 0.2) is 48.5 Å². The lowest BCUT2D eigenvalue weighted by atomic mass is 9.98. The lowest BCUT2D eigenvalue weighted by Gasteiger charge is -2.31. The molecule has 1 saturated heterocycles. The molecular weight excluding hydrogens is 456 g/mol. The van der Waals surface area contributed by atoms with Crippen molar-refractivity contribution in [3.05, 3.63) is 59.7 Å². The Labute approximate surface area is 202 Å². The number of carboxylic acid groups (broad SMARTS) is 1. The van der Waals surface area contributed by atoms with Gasteiger partial charge in [-0.1, -0.05) is 48.5 Å². The largest absolute Gasteiger partial charge is 0.480 e. The summed E-state index contributed by atoms with van der Waals surface area (Å²) in [5.74, 6) is -0.550. The number of nitrogens with zero attached hydrogens (tertiary/aromatic N) is 1.